The van der Waals surface area contributed by atoms with Crippen molar-refractivity contribution in [1.82, 2.24) is 10.2 Å². The van der Waals surface area contributed by atoms with Crippen LogP contribution in [0.25, 0.3) is 0 Å². The monoisotopic (exact) mass is 334 g/mol. The van der Waals surface area contributed by atoms with E-state index in [4.69, 9.17) is 9.47 Å². The minimum absolute atomic E-state index is 0.181. The molecule has 0 fully saturated rings. The van der Waals surface area contributed by atoms with E-state index >= 15 is 0 Å². The van der Waals surface area contributed by atoms with Crippen molar-refractivity contribution in [3.8, 4) is 5.75 Å². The highest BCUT2D eigenvalue weighted by molar-refractivity contribution is 5.67. The quantitative estimate of drug-likeness (QED) is 0.779. The Morgan fingerprint density at radius 1 is 1.22 bits per heavy atom. The first kappa shape index (κ1) is 19.1. The van der Waals surface area contributed by atoms with Gasteiger partial charge in [0.05, 0.1) is 0 Å². The molecule has 1 aromatic rings. The van der Waals surface area contributed by atoms with Crippen molar-refractivity contribution in [2.24, 2.45) is 0 Å². The molecule has 0 aromatic heterocycles. The summed E-state index contributed by atoms with van der Waals surface area (Å²) < 4.78 is 48.4. The number of hydrogen-bond donors (Lipinski definition) is 1. The van der Waals surface area contributed by atoms with Crippen molar-refractivity contribution < 1.29 is 27.4 Å². The topological polar surface area (TPSA) is 50.8 Å². The van der Waals surface area contributed by atoms with Gasteiger partial charge in [-0.25, -0.2) is 4.79 Å². The number of amides is 1. The minimum atomic E-state index is -4.55. The van der Waals surface area contributed by atoms with Gasteiger partial charge in [0.1, 0.15) is 12.2 Å². The lowest BCUT2D eigenvalue weighted by atomic mass is 10.2. The second-order valence-corrected chi connectivity index (χ2v) is 5.46. The second-order valence-electron chi connectivity index (χ2n) is 5.46. The van der Waals surface area contributed by atoms with Crippen LogP contribution in [0.4, 0.5) is 18.0 Å². The Hall–Kier alpha value is -1.96. The van der Waals surface area contributed by atoms with Crippen LogP contribution in [0, 0.1) is 0 Å². The molecule has 0 saturated heterocycles. The van der Waals surface area contributed by atoms with Gasteiger partial charge in [0.2, 0.25) is 0 Å². The number of hydrogen-bond acceptors (Lipinski definition) is 4. The van der Waals surface area contributed by atoms with Crippen molar-refractivity contribution in [2.45, 2.75) is 25.3 Å². The predicted octanol–water partition coefficient (Wildman–Crippen LogP) is 3.02. The molecule has 1 N–H and O–H groups in total. The number of nitrogens with one attached hydrogen (secondary N) is 1. The number of carbonyl (C=O) groups excluding carboxylic acids is 1. The maximum Gasteiger partial charge on any atom is 0.410 e. The number of nitrogens with zero attached hydrogens (tertiary/aromatic N) is 1. The number of rotatable bonds is 7. The molecule has 1 rings (SSSR count). The van der Waals surface area contributed by atoms with Crippen molar-refractivity contribution in [1.29, 1.82) is 0 Å². The molecular formula is C15H21F3N2O3. The Balaban J connectivity index is 2.73. The number of alkyl halides is 3. The third kappa shape index (κ3) is 8.29. The smallest absolute Gasteiger partial charge is 0.410 e. The second kappa shape index (κ2) is 8.05. The van der Waals surface area contributed by atoms with E-state index in [-0.39, 0.29) is 12.3 Å². The van der Waals surface area contributed by atoms with E-state index in [1.165, 1.54) is 12.1 Å². The molecule has 0 aliphatic heterocycles. The summed E-state index contributed by atoms with van der Waals surface area (Å²) in [6.45, 7) is 1.86. The van der Waals surface area contributed by atoms with Crippen molar-refractivity contribution >= 4 is 6.09 Å². The summed E-state index contributed by atoms with van der Waals surface area (Å²) in [6.07, 6.45) is -6.93. The molecule has 1 amide bonds. The van der Waals surface area contributed by atoms with E-state index in [0.717, 1.165) is 6.92 Å². The molecule has 1 aromatic carbocycles. The molecule has 0 saturated carbocycles. The van der Waals surface area contributed by atoms with Crippen molar-refractivity contribution in [3.63, 3.8) is 0 Å². The summed E-state index contributed by atoms with van der Waals surface area (Å²) in [4.78, 5) is 13.5. The van der Waals surface area contributed by atoms with E-state index in [2.05, 4.69) is 5.32 Å². The maximum absolute atomic E-state index is 12.8. The molecule has 0 bridgehead atoms. The number of carbonyl (C=O) groups is 1. The average molecular weight is 334 g/mol. The first-order valence-corrected chi connectivity index (χ1v) is 7.02. The molecule has 5 nitrogen and oxygen atoms in total. The molecule has 1 atom stereocenters. The largest absolute Gasteiger partial charge is 0.452 e. The zero-order chi connectivity index (χ0) is 17.5. The fourth-order valence-corrected chi connectivity index (χ4v) is 1.81. The molecule has 1 unspecified atom stereocenters. The molecule has 130 valence electrons. The van der Waals surface area contributed by atoms with E-state index in [9.17, 15) is 18.0 Å². The third-order valence-corrected chi connectivity index (χ3v) is 2.74. The maximum atomic E-state index is 12.8. The molecule has 8 heteroatoms. The van der Waals surface area contributed by atoms with Crippen LogP contribution in [0.15, 0.2) is 30.3 Å². The van der Waals surface area contributed by atoms with Gasteiger partial charge >= 0.3 is 12.3 Å². The van der Waals surface area contributed by atoms with E-state index < -0.39 is 24.5 Å². The number of benzene rings is 1. The van der Waals surface area contributed by atoms with Gasteiger partial charge in [-0.2, -0.15) is 13.2 Å². The fourth-order valence-electron chi connectivity index (χ4n) is 1.81. The molecule has 0 heterocycles. The summed E-state index contributed by atoms with van der Waals surface area (Å²) in [5.74, 6) is -1.97. The summed E-state index contributed by atoms with van der Waals surface area (Å²) in [6, 6.07) is 7.90. The Morgan fingerprint density at radius 2 is 1.83 bits per heavy atom. The Morgan fingerprint density at radius 3 is 2.35 bits per heavy atom. The van der Waals surface area contributed by atoms with Gasteiger partial charge in [-0.05, 0) is 26.2 Å². The van der Waals surface area contributed by atoms with Crippen LogP contribution < -0.4 is 10.1 Å². The van der Waals surface area contributed by atoms with Gasteiger partial charge in [0.25, 0.3) is 5.79 Å². The van der Waals surface area contributed by atoms with Gasteiger partial charge in [0, 0.05) is 20.0 Å². The normalized spacial score (nSPS) is 14.2. The molecule has 0 radical (unpaired) electrons. The number of halogens is 3. The van der Waals surface area contributed by atoms with Crippen molar-refractivity contribution in [2.75, 3.05) is 27.2 Å². The third-order valence-electron chi connectivity index (χ3n) is 2.74. The first-order valence-electron chi connectivity index (χ1n) is 7.02. The highest BCUT2D eigenvalue weighted by atomic mass is 19.4. The molecule has 0 aliphatic carbocycles. The highest BCUT2D eigenvalue weighted by Crippen LogP contribution is 2.32. The molecule has 23 heavy (non-hydrogen) atoms. The van der Waals surface area contributed by atoms with Gasteiger partial charge in [0.15, 0.2) is 0 Å². The fraction of sp³-hybridized carbons (Fsp3) is 0.533. The van der Waals surface area contributed by atoms with E-state index in [1.54, 1.807) is 32.3 Å². The minimum Gasteiger partial charge on any atom is -0.452 e. The van der Waals surface area contributed by atoms with Crippen LogP contribution in [0.3, 0.4) is 0 Å². The van der Waals surface area contributed by atoms with Crippen LogP contribution in [-0.4, -0.2) is 50.1 Å². The van der Waals surface area contributed by atoms with Gasteiger partial charge < -0.3 is 19.7 Å². The standard InChI is InChI=1S/C15H21F3N2O3/c1-14(11-15(16,17)18,22-12-7-5-4-6-8-12)23-13(21)19-9-10-20(2)3/h4-8H,9-11H2,1-3H3,(H,19,21). The summed E-state index contributed by atoms with van der Waals surface area (Å²) in [7, 11) is 3.61. The van der Waals surface area contributed by atoms with E-state index in [0.29, 0.717) is 6.54 Å². The highest BCUT2D eigenvalue weighted by Gasteiger charge is 2.44. The van der Waals surface area contributed by atoms with Crippen LogP contribution in [0.5, 0.6) is 5.75 Å². The Bertz CT molecular complexity index is 494. The lowest BCUT2D eigenvalue weighted by molar-refractivity contribution is -0.223. The number of likely N-dealkylation sites (N-methyl/N-ethyl adjacent to an activating group) is 1. The average Bonchev–Trinajstić information content (AvgIpc) is 2.36. The van der Waals surface area contributed by atoms with E-state index in [1.807, 2.05) is 4.90 Å². The summed E-state index contributed by atoms with van der Waals surface area (Å²) in [5, 5.41) is 2.39. The Labute approximate surface area is 133 Å². The molecule has 0 aliphatic rings. The molecular weight excluding hydrogens is 313 g/mol. The van der Waals surface area contributed by atoms with Gasteiger partial charge in [-0.15, -0.1) is 0 Å². The van der Waals surface area contributed by atoms with Crippen LogP contribution >= 0.6 is 0 Å². The van der Waals surface area contributed by atoms with Crippen LogP contribution in [0.1, 0.15) is 13.3 Å². The zero-order valence-corrected chi connectivity index (χ0v) is 13.3. The SMILES string of the molecule is CN(C)CCNC(=O)OC(C)(CC(F)(F)F)Oc1ccccc1. The van der Waals surface area contributed by atoms with Gasteiger partial charge in [-0.1, -0.05) is 18.2 Å². The summed E-state index contributed by atoms with van der Waals surface area (Å²) >= 11 is 0. The number of para-hydroxylation sites is 1. The predicted molar refractivity (Wildman–Crippen MR) is 79.2 cm³/mol. The first-order chi connectivity index (χ1) is 10.6. The van der Waals surface area contributed by atoms with Crippen molar-refractivity contribution in [3.05, 3.63) is 30.3 Å². The number of alkyl carbamates (subject to hydrolysis) is 1. The zero-order valence-electron chi connectivity index (χ0n) is 13.3. The summed E-state index contributed by atoms with van der Waals surface area (Å²) in [5.41, 5.74) is 0. The molecule has 0 spiro atoms. The van der Waals surface area contributed by atoms with Crippen LogP contribution in [-0.2, 0) is 4.74 Å². The van der Waals surface area contributed by atoms with Gasteiger partial charge in [-0.3, -0.25) is 0 Å². The Kier molecular flexibility index (Phi) is 6.68. The lowest BCUT2D eigenvalue weighted by Crippen LogP contribution is -2.45. The lowest BCUT2D eigenvalue weighted by Gasteiger charge is -2.31. The number of ether oxygens (including phenoxy) is 2. The van der Waals surface area contributed by atoms with Crippen LogP contribution in [0.2, 0.25) is 0 Å².